The Morgan fingerprint density at radius 3 is 2.64 bits per heavy atom. The Balaban J connectivity index is 2.10. The minimum atomic E-state index is -4.69. The van der Waals surface area contributed by atoms with Crippen molar-refractivity contribution in [3.63, 3.8) is 0 Å². The lowest BCUT2D eigenvalue weighted by molar-refractivity contribution is -0.137. The molecule has 0 aromatic carbocycles. The molecule has 3 aromatic heterocycles. The molecule has 0 bridgehead atoms. The first-order valence-corrected chi connectivity index (χ1v) is 6.88. The van der Waals surface area contributed by atoms with Crippen LogP contribution in [0.1, 0.15) is 16.1 Å². The van der Waals surface area contributed by atoms with Gasteiger partial charge in [-0.3, -0.25) is 9.59 Å². The average molecular weight is 353 g/mol. The number of amides is 1. The summed E-state index contributed by atoms with van der Waals surface area (Å²) in [6.45, 7) is -0.668. The van der Waals surface area contributed by atoms with Crippen LogP contribution in [0.25, 0.3) is 16.8 Å². The van der Waals surface area contributed by atoms with Crippen molar-refractivity contribution in [2.45, 2.75) is 6.18 Å². The Kier molecular flexibility index (Phi) is 3.95. The number of furan rings is 1. The van der Waals surface area contributed by atoms with Crippen LogP contribution >= 0.6 is 0 Å². The highest BCUT2D eigenvalue weighted by molar-refractivity contribution is 5.94. The van der Waals surface area contributed by atoms with Crippen LogP contribution in [-0.2, 0) is 11.0 Å². The van der Waals surface area contributed by atoms with Gasteiger partial charge in [0.15, 0.2) is 0 Å². The van der Waals surface area contributed by atoms with Gasteiger partial charge in [0, 0.05) is 23.5 Å². The summed E-state index contributed by atoms with van der Waals surface area (Å²) in [6, 6.07) is 2.41. The number of carboxylic acids is 1. The SMILES string of the molecule is O=C(O)CNC(=O)c1cn2cc(-c3ccoc3)cc(C(F)(F)F)c2n1. The number of carbonyl (C=O) groups is 2. The van der Waals surface area contributed by atoms with Gasteiger partial charge in [0.05, 0.1) is 18.1 Å². The van der Waals surface area contributed by atoms with Crippen LogP contribution in [0.2, 0.25) is 0 Å². The fourth-order valence-corrected chi connectivity index (χ4v) is 2.25. The molecule has 0 spiro atoms. The number of nitrogens with zero attached hydrogens (tertiary/aromatic N) is 2. The van der Waals surface area contributed by atoms with Gasteiger partial charge in [0.1, 0.15) is 17.9 Å². The molecule has 2 N–H and O–H groups in total. The molecule has 10 heteroatoms. The van der Waals surface area contributed by atoms with Crippen molar-refractivity contribution < 1.29 is 32.3 Å². The summed E-state index contributed by atoms with van der Waals surface area (Å²) in [5, 5.41) is 10.6. The molecular weight excluding hydrogens is 343 g/mol. The quantitative estimate of drug-likeness (QED) is 0.751. The first kappa shape index (κ1) is 16.6. The number of aliphatic carboxylic acids is 1. The van der Waals surface area contributed by atoms with Gasteiger partial charge in [-0.15, -0.1) is 0 Å². The number of alkyl halides is 3. The summed E-state index contributed by atoms with van der Waals surface area (Å²) in [5.41, 5.74) is -1.15. The predicted molar refractivity (Wildman–Crippen MR) is 77.9 cm³/mol. The van der Waals surface area contributed by atoms with Crippen LogP contribution in [0.5, 0.6) is 0 Å². The van der Waals surface area contributed by atoms with Gasteiger partial charge in [-0.05, 0) is 12.1 Å². The molecule has 0 aliphatic carbocycles. The van der Waals surface area contributed by atoms with Crippen molar-refractivity contribution in [2.75, 3.05) is 6.54 Å². The molecule has 3 rings (SSSR count). The topological polar surface area (TPSA) is 96.8 Å². The lowest BCUT2D eigenvalue weighted by atomic mass is 10.1. The molecule has 0 fully saturated rings. The summed E-state index contributed by atoms with van der Waals surface area (Å²) < 4.78 is 46.0. The number of imidazole rings is 1. The molecule has 3 heterocycles. The molecule has 7 nitrogen and oxygen atoms in total. The van der Waals surface area contributed by atoms with Gasteiger partial charge in [-0.1, -0.05) is 0 Å². The number of pyridine rings is 1. The van der Waals surface area contributed by atoms with Crippen LogP contribution in [0.3, 0.4) is 0 Å². The van der Waals surface area contributed by atoms with Crippen molar-refractivity contribution in [3.8, 4) is 11.1 Å². The maximum Gasteiger partial charge on any atom is 0.420 e. The summed E-state index contributed by atoms with van der Waals surface area (Å²) in [4.78, 5) is 26.0. The molecule has 0 unspecified atom stereocenters. The maximum atomic E-state index is 13.3. The number of fused-ring (bicyclic) bond motifs is 1. The molecule has 130 valence electrons. The monoisotopic (exact) mass is 353 g/mol. The first-order chi connectivity index (χ1) is 11.8. The smallest absolute Gasteiger partial charge is 0.420 e. The molecule has 1 amide bonds. The molecule has 0 saturated carbocycles. The Morgan fingerprint density at radius 2 is 2.04 bits per heavy atom. The lowest BCUT2D eigenvalue weighted by Crippen LogP contribution is -2.29. The molecule has 0 saturated heterocycles. The second kappa shape index (κ2) is 5.96. The lowest BCUT2D eigenvalue weighted by Gasteiger charge is -2.10. The van der Waals surface area contributed by atoms with Crippen molar-refractivity contribution in [3.05, 3.63) is 48.3 Å². The molecule has 0 atom stereocenters. The highest BCUT2D eigenvalue weighted by Crippen LogP contribution is 2.35. The Morgan fingerprint density at radius 1 is 1.28 bits per heavy atom. The van der Waals surface area contributed by atoms with Crippen molar-refractivity contribution in [2.24, 2.45) is 0 Å². The normalized spacial score (nSPS) is 11.6. The van der Waals surface area contributed by atoms with E-state index in [4.69, 9.17) is 9.52 Å². The maximum absolute atomic E-state index is 13.3. The fraction of sp³-hybridized carbons (Fsp3) is 0.133. The van der Waals surface area contributed by atoms with Gasteiger partial charge in [0.2, 0.25) is 0 Å². The van der Waals surface area contributed by atoms with Crippen LogP contribution < -0.4 is 5.32 Å². The number of nitrogens with one attached hydrogen (secondary N) is 1. The summed E-state index contributed by atoms with van der Waals surface area (Å²) >= 11 is 0. The number of rotatable bonds is 4. The van der Waals surface area contributed by atoms with Crippen LogP contribution in [0.4, 0.5) is 13.2 Å². The first-order valence-electron chi connectivity index (χ1n) is 6.88. The van der Waals surface area contributed by atoms with Crippen LogP contribution in [0.15, 0.2) is 41.5 Å². The van der Waals surface area contributed by atoms with E-state index in [-0.39, 0.29) is 11.3 Å². The number of carbonyl (C=O) groups excluding carboxylic acids is 1. The highest BCUT2D eigenvalue weighted by atomic mass is 19.4. The van der Waals surface area contributed by atoms with E-state index in [9.17, 15) is 22.8 Å². The summed E-state index contributed by atoms with van der Waals surface area (Å²) in [5.74, 6) is -2.17. The summed E-state index contributed by atoms with van der Waals surface area (Å²) in [7, 11) is 0. The molecule has 25 heavy (non-hydrogen) atoms. The van der Waals surface area contributed by atoms with Gasteiger partial charge in [-0.25, -0.2) is 4.98 Å². The molecular formula is C15H10F3N3O4. The van der Waals surface area contributed by atoms with E-state index >= 15 is 0 Å². The van der Waals surface area contributed by atoms with E-state index < -0.39 is 35.8 Å². The fourth-order valence-electron chi connectivity index (χ4n) is 2.25. The van der Waals surface area contributed by atoms with Crippen molar-refractivity contribution in [1.29, 1.82) is 0 Å². The number of aromatic nitrogens is 2. The second-order valence-corrected chi connectivity index (χ2v) is 5.09. The number of hydrogen-bond acceptors (Lipinski definition) is 4. The highest BCUT2D eigenvalue weighted by Gasteiger charge is 2.35. The van der Waals surface area contributed by atoms with E-state index in [0.29, 0.717) is 5.56 Å². The number of halogens is 3. The predicted octanol–water partition coefficient (Wildman–Crippen LogP) is 2.43. The number of carboxylic acid groups (broad SMARTS) is 1. The zero-order chi connectivity index (χ0) is 18.2. The van der Waals surface area contributed by atoms with Crippen LogP contribution in [0, 0.1) is 0 Å². The average Bonchev–Trinajstić information content (AvgIpc) is 3.19. The minimum Gasteiger partial charge on any atom is -0.480 e. The van der Waals surface area contributed by atoms with E-state index in [0.717, 1.165) is 16.7 Å². The molecule has 0 aliphatic rings. The van der Waals surface area contributed by atoms with E-state index in [1.807, 2.05) is 5.32 Å². The zero-order valence-corrected chi connectivity index (χ0v) is 12.4. The Bertz CT molecular complexity index is 945. The molecule has 0 aliphatic heterocycles. The third-order valence-corrected chi connectivity index (χ3v) is 3.34. The molecule has 3 aromatic rings. The van der Waals surface area contributed by atoms with E-state index in [1.165, 1.54) is 24.8 Å². The molecule has 0 radical (unpaired) electrons. The van der Waals surface area contributed by atoms with Gasteiger partial charge < -0.3 is 19.2 Å². The van der Waals surface area contributed by atoms with Crippen molar-refractivity contribution >= 4 is 17.5 Å². The Hall–Kier alpha value is -3.30. The van der Waals surface area contributed by atoms with Crippen LogP contribution in [-0.4, -0.2) is 32.9 Å². The van der Waals surface area contributed by atoms with Gasteiger partial charge in [0.25, 0.3) is 5.91 Å². The van der Waals surface area contributed by atoms with E-state index in [1.54, 1.807) is 0 Å². The van der Waals surface area contributed by atoms with E-state index in [2.05, 4.69) is 4.98 Å². The Labute approximate surface area is 137 Å². The third kappa shape index (κ3) is 3.32. The third-order valence-electron chi connectivity index (χ3n) is 3.34. The van der Waals surface area contributed by atoms with Crippen molar-refractivity contribution in [1.82, 2.24) is 14.7 Å². The van der Waals surface area contributed by atoms with Gasteiger partial charge >= 0.3 is 12.1 Å². The van der Waals surface area contributed by atoms with Gasteiger partial charge in [-0.2, -0.15) is 13.2 Å². The number of hydrogen-bond donors (Lipinski definition) is 2. The minimum absolute atomic E-state index is 0.225. The largest absolute Gasteiger partial charge is 0.480 e. The second-order valence-electron chi connectivity index (χ2n) is 5.09. The zero-order valence-electron chi connectivity index (χ0n) is 12.4. The summed E-state index contributed by atoms with van der Waals surface area (Å²) in [6.07, 6.45) is 0.396. The standard InChI is InChI=1S/C15H10F3N3O4/c16-15(17,18)10-3-9(8-1-2-25-7-8)5-21-6-11(20-13(10)21)14(24)19-4-12(22)23/h1-3,5-7H,4H2,(H,19,24)(H,22,23).